The molecule has 3 rings (SSSR count). The van der Waals surface area contributed by atoms with Gasteiger partial charge in [-0.25, -0.2) is 0 Å². The molecule has 0 saturated heterocycles. The van der Waals surface area contributed by atoms with Crippen molar-refractivity contribution in [2.24, 2.45) is 0 Å². The van der Waals surface area contributed by atoms with Crippen molar-refractivity contribution in [3.8, 4) is 0 Å². The average Bonchev–Trinajstić information content (AvgIpc) is 3.36. The second-order valence-electron chi connectivity index (χ2n) is 6.16. The molecule has 0 aliphatic rings. The van der Waals surface area contributed by atoms with Crippen molar-refractivity contribution in [1.82, 2.24) is 0 Å². The van der Waals surface area contributed by atoms with Crippen LogP contribution < -0.4 is 10.6 Å². The number of benzene rings is 1. The Bertz CT molecular complexity index is 933. The molecule has 0 fully saturated rings. The summed E-state index contributed by atoms with van der Waals surface area (Å²) in [6.45, 7) is 3.80. The van der Waals surface area contributed by atoms with Gasteiger partial charge in [0.1, 0.15) is 0 Å². The maximum absolute atomic E-state index is 12.2. The normalized spacial score (nSPS) is 11.2. The molecule has 28 heavy (non-hydrogen) atoms. The topological polar surface area (TPSA) is 58.2 Å². The van der Waals surface area contributed by atoms with Crippen LogP contribution in [0.25, 0.3) is 12.2 Å². The van der Waals surface area contributed by atoms with Crippen LogP contribution in [0, 0.1) is 13.8 Å². The minimum Gasteiger partial charge on any atom is -0.322 e. The highest BCUT2D eigenvalue weighted by molar-refractivity contribution is 7.11. The maximum Gasteiger partial charge on any atom is 0.248 e. The average molecular weight is 409 g/mol. The minimum atomic E-state index is -0.188. The van der Waals surface area contributed by atoms with Gasteiger partial charge in [-0.2, -0.15) is 0 Å². The number of nitrogens with one attached hydrogen (secondary N) is 2. The molecule has 0 aliphatic carbocycles. The van der Waals surface area contributed by atoms with Gasteiger partial charge in [-0.1, -0.05) is 12.1 Å². The lowest BCUT2D eigenvalue weighted by Gasteiger charge is -2.13. The lowest BCUT2D eigenvalue weighted by atomic mass is 10.1. The van der Waals surface area contributed by atoms with Crippen molar-refractivity contribution >= 4 is 58.0 Å². The summed E-state index contributed by atoms with van der Waals surface area (Å²) < 4.78 is 0. The molecule has 0 unspecified atom stereocenters. The molecule has 2 heterocycles. The van der Waals surface area contributed by atoms with Crippen molar-refractivity contribution < 1.29 is 9.59 Å². The van der Waals surface area contributed by atoms with E-state index in [-0.39, 0.29) is 11.8 Å². The number of anilines is 2. The predicted molar refractivity (Wildman–Crippen MR) is 120 cm³/mol. The van der Waals surface area contributed by atoms with Crippen molar-refractivity contribution in [1.29, 1.82) is 0 Å². The number of aryl methyl sites for hydroxylation is 2. The van der Waals surface area contributed by atoms with Gasteiger partial charge in [-0.15, -0.1) is 22.7 Å². The van der Waals surface area contributed by atoms with Crippen LogP contribution in [0.5, 0.6) is 0 Å². The summed E-state index contributed by atoms with van der Waals surface area (Å²) in [4.78, 5) is 26.4. The van der Waals surface area contributed by atoms with E-state index < -0.39 is 0 Å². The van der Waals surface area contributed by atoms with Crippen molar-refractivity contribution in [2.45, 2.75) is 13.8 Å². The van der Waals surface area contributed by atoms with Crippen LogP contribution >= 0.6 is 22.7 Å². The van der Waals surface area contributed by atoms with E-state index in [1.807, 2.05) is 61.0 Å². The van der Waals surface area contributed by atoms with Crippen molar-refractivity contribution in [3.05, 3.63) is 80.2 Å². The third kappa shape index (κ3) is 5.52. The molecular weight excluding hydrogens is 388 g/mol. The molecule has 4 nitrogen and oxygen atoms in total. The Hall–Kier alpha value is -2.96. The summed E-state index contributed by atoms with van der Waals surface area (Å²) in [6, 6.07) is 11.5. The van der Waals surface area contributed by atoms with E-state index in [0.717, 1.165) is 32.3 Å². The van der Waals surface area contributed by atoms with Gasteiger partial charge in [0.25, 0.3) is 0 Å². The van der Waals surface area contributed by atoms with Gasteiger partial charge in [-0.3, -0.25) is 9.59 Å². The highest BCUT2D eigenvalue weighted by Gasteiger charge is 2.08. The number of carbonyl (C=O) groups is 2. The van der Waals surface area contributed by atoms with Gasteiger partial charge in [0.15, 0.2) is 0 Å². The lowest BCUT2D eigenvalue weighted by molar-refractivity contribution is -0.112. The first-order chi connectivity index (χ1) is 13.5. The molecule has 0 radical (unpaired) electrons. The van der Waals surface area contributed by atoms with Gasteiger partial charge in [0.2, 0.25) is 11.8 Å². The number of thiophene rings is 2. The second kappa shape index (κ2) is 9.30. The van der Waals surface area contributed by atoms with Gasteiger partial charge < -0.3 is 10.6 Å². The zero-order valence-electron chi connectivity index (χ0n) is 15.6. The molecule has 6 heteroatoms. The lowest BCUT2D eigenvalue weighted by Crippen LogP contribution is -2.12. The van der Waals surface area contributed by atoms with Crippen molar-refractivity contribution in [3.63, 3.8) is 0 Å². The van der Waals surface area contributed by atoms with Crippen LogP contribution in [0.3, 0.4) is 0 Å². The van der Waals surface area contributed by atoms with Gasteiger partial charge in [0, 0.05) is 33.3 Å². The monoisotopic (exact) mass is 408 g/mol. The Morgan fingerprint density at radius 1 is 0.786 bits per heavy atom. The summed E-state index contributed by atoms with van der Waals surface area (Å²) in [5.41, 5.74) is 3.21. The maximum atomic E-state index is 12.2. The predicted octanol–water partition coefficient (Wildman–Crippen LogP) is 5.73. The van der Waals surface area contributed by atoms with Crippen LogP contribution in [0.2, 0.25) is 0 Å². The van der Waals surface area contributed by atoms with Crippen LogP contribution in [0.15, 0.2) is 59.3 Å². The smallest absolute Gasteiger partial charge is 0.248 e. The second-order valence-corrected chi connectivity index (χ2v) is 8.12. The number of hydrogen-bond donors (Lipinski definition) is 2. The Morgan fingerprint density at radius 2 is 1.21 bits per heavy atom. The summed E-state index contributed by atoms with van der Waals surface area (Å²) in [5.74, 6) is -0.377. The third-order valence-corrected chi connectivity index (χ3v) is 5.65. The zero-order valence-corrected chi connectivity index (χ0v) is 17.2. The van der Waals surface area contributed by atoms with E-state index in [9.17, 15) is 9.59 Å². The fraction of sp³-hybridized carbons (Fsp3) is 0.0909. The van der Waals surface area contributed by atoms with E-state index in [1.54, 1.807) is 34.8 Å². The minimum absolute atomic E-state index is 0.188. The molecule has 142 valence electrons. The number of hydrogen-bond acceptors (Lipinski definition) is 4. The highest BCUT2D eigenvalue weighted by Crippen LogP contribution is 2.25. The first kappa shape index (κ1) is 19.8. The molecule has 0 atom stereocenters. The van der Waals surface area contributed by atoms with E-state index in [4.69, 9.17) is 0 Å². The molecule has 2 amide bonds. The molecule has 0 saturated carbocycles. The summed E-state index contributed by atoms with van der Waals surface area (Å²) in [6.07, 6.45) is 6.62. The molecular formula is C22H20N2O2S2. The summed E-state index contributed by atoms with van der Waals surface area (Å²) in [7, 11) is 0. The van der Waals surface area contributed by atoms with Gasteiger partial charge in [0.05, 0.1) is 0 Å². The Labute approximate surface area is 172 Å². The quantitative estimate of drug-likeness (QED) is 0.512. The number of amides is 2. The fourth-order valence-electron chi connectivity index (χ4n) is 2.52. The van der Waals surface area contributed by atoms with Gasteiger partial charge >= 0.3 is 0 Å². The molecule has 3 aromatic rings. The summed E-state index contributed by atoms with van der Waals surface area (Å²) >= 11 is 3.15. The fourth-order valence-corrected chi connectivity index (χ4v) is 3.76. The molecule has 0 aliphatic heterocycles. The zero-order chi connectivity index (χ0) is 19.9. The van der Waals surface area contributed by atoms with Crippen molar-refractivity contribution in [2.75, 3.05) is 10.6 Å². The first-order valence-corrected chi connectivity index (χ1v) is 10.4. The van der Waals surface area contributed by atoms with Crippen LogP contribution in [0.1, 0.15) is 20.9 Å². The Kier molecular flexibility index (Phi) is 6.57. The number of rotatable bonds is 6. The standard InChI is InChI=1S/C22H20N2O2S2/c1-15-13-20(24-22(26)10-8-18-6-4-12-28-18)16(2)14-19(15)23-21(25)9-7-17-5-3-11-27-17/h3-14H,1-2H3,(H,23,25)(H,24,26)/b9-7+,10-8+. The molecule has 0 bridgehead atoms. The van der Waals surface area contributed by atoms with Crippen LogP contribution in [-0.4, -0.2) is 11.8 Å². The van der Waals surface area contributed by atoms with E-state index in [0.29, 0.717) is 0 Å². The van der Waals surface area contributed by atoms with Crippen LogP contribution in [-0.2, 0) is 9.59 Å². The van der Waals surface area contributed by atoms with E-state index in [1.165, 1.54) is 12.2 Å². The van der Waals surface area contributed by atoms with E-state index >= 15 is 0 Å². The van der Waals surface area contributed by atoms with Crippen LogP contribution in [0.4, 0.5) is 11.4 Å². The molecule has 2 aromatic heterocycles. The largest absolute Gasteiger partial charge is 0.322 e. The van der Waals surface area contributed by atoms with Gasteiger partial charge in [-0.05, 0) is 72.2 Å². The molecule has 2 N–H and O–H groups in total. The SMILES string of the molecule is Cc1cc(NC(=O)/C=C/c2cccs2)c(C)cc1NC(=O)/C=C/c1cccs1. The molecule has 1 aromatic carbocycles. The highest BCUT2D eigenvalue weighted by atomic mass is 32.1. The first-order valence-electron chi connectivity index (χ1n) is 8.67. The molecule has 0 spiro atoms. The third-order valence-electron chi connectivity index (χ3n) is 3.97. The van der Waals surface area contributed by atoms with E-state index in [2.05, 4.69) is 10.6 Å². The Balaban J connectivity index is 1.65. The summed E-state index contributed by atoms with van der Waals surface area (Å²) in [5, 5.41) is 9.71. The Morgan fingerprint density at radius 3 is 1.57 bits per heavy atom. The number of carbonyl (C=O) groups excluding carboxylic acids is 2.